The van der Waals surface area contributed by atoms with Gasteiger partial charge in [-0.25, -0.2) is 5.43 Å². The third kappa shape index (κ3) is 5.43. The van der Waals surface area contributed by atoms with Crippen molar-refractivity contribution in [2.75, 3.05) is 5.32 Å². The van der Waals surface area contributed by atoms with Crippen LogP contribution < -0.4 is 10.7 Å². The largest absolute Gasteiger partial charge is 0.507 e. The SMILES string of the molecule is O=C(Nc1ccccc1C(=O)N/N=C\c1cc(Br)ccc1O)c1ccc(Cl)cc1. The van der Waals surface area contributed by atoms with Crippen molar-refractivity contribution >= 4 is 51.2 Å². The molecule has 0 atom stereocenters. The van der Waals surface area contributed by atoms with Crippen LogP contribution in [0.1, 0.15) is 26.3 Å². The summed E-state index contributed by atoms with van der Waals surface area (Å²) in [6.07, 6.45) is 1.33. The first kappa shape index (κ1) is 20.6. The number of phenols is 1. The molecule has 3 N–H and O–H groups in total. The number of hydrazone groups is 1. The number of nitrogens with one attached hydrogen (secondary N) is 2. The Labute approximate surface area is 180 Å². The van der Waals surface area contributed by atoms with E-state index >= 15 is 0 Å². The molecule has 2 amide bonds. The van der Waals surface area contributed by atoms with E-state index in [0.717, 1.165) is 4.47 Å². The van der Waals surface area contributed by atoms with E-state index in [4.69, 9.17) is 11.6 Å². The Bertz CT molecular complexity index is 1080. The van der Waals surface area contributed by atoms with E-state index in [1.54, 1.807) is 60.7 Å². The summed E-state index contributed by atoms with van der Waals surface area (Å²) in [5.74, 6) is -0.853. The van der Waals surface area contributed by atoms with Crippen molar-refractivity contribution in [2.24, 2.45) is 5.10 Å². The minimum Gasteiger partial charge on any atom is -0.507 e. The van der Waals surface area contributed by atoms with Gasteiger partial charge in [-0.05, 0) is 54.6 Å². The van der Waals surface area contributed by atoms with Gasteiger partial charge in [0.2, 0.25) is 0 Å². The van der Waals surface area contributed by atoms with Crippen molar-refractivity contribution in [3.8, 4) is 5.75 Å². The van der Waals surface area contributed by atoms with Crippen LogP contribution in [0.4, 0.5) is 5.69 Å². The highest BCUT2D eigenvalue weighted by molar-refractivity contribution is 9.10. The smallest absolute Gasteiger partial charge is 0.273 e. The second-order valence-corrected chi connectivity index (χ2v) is 7.26. The number of carbonyl (C=O) groups excluding carboxylic acids is 2. The molecule has 0 fully saturated rings. The number of anilines is 1. The number of hydrogen-bond donors (Lipinski definition) is 3. The van der Waals surface area contributed by atoms with Crippen molar-refractivity contribution in [1.82, 2.24) is 5.43 Å². The highest BCUT2D eigenvalue weighted by Crippen LogP contribution is 2.20. The fraction of sp³-hybridized carbons (Fsp3) is 0. The zero-order valence-corrected chi connectivity index (χ0v) is 17.2. The molecule has 0 spiro atoms. The normalized spacial score (nSPS) is 10.7. The van der Waals surface area contributed by atoms with Gasteiger partial charge in [0.15, 0.2) is 0 Å². The number of amides is 2. The summed E-state index contributed by atoms with van der Waals surface area (Å²) in [4.78, 5) is 24.9. The summed E-state index contributed by atoms with van der Waals surface area (Å²) >= 11 is 9.14. The lowest BCUT2D eigenvalue weighted by Crippen LogP contribution is -2.21. The molecule has 146 valence electrons. The van der Waals surface area contributed by atoms with E-state index < -0.39 is 5.91 Å². The quantitative estimate of drug-likeness (QED) is 0.367. The van der Waals surface area contributed by atoms with Crippen molar-refractivity contribution in [2.45, 2.75) is 0 Å². The van der Waals surface area contributed by atoms with Crippen LogP contribution in [-0.2, 0) is 0 Å². The monoisotopic (exact) mass is 471 g/mol. The predicted molar refractivity (Wildman–Crippen MR) is 117 cm³/mol. The number of hydrogen-bond acceptors (Lipinski definition) is 4. The maximum Gasteiger partial charge on any atom is 0.273 e. The van der Waals surface area contributed by atoms with Crippen LogP contribution in [-0.4, -0.2) is 23.1 Å². The second kappa shape index (κ2) is 9.36. The Morgan fingerprint density at radius 1 is 1.00 bits per heavy atom. The van der Waals surface area contributed by atoms with Crippen molar-refractivity contribution in [3.63, 3.8) is 0 Å². The molecule has 0 aromatic heterocycles. The molecule has 3 rings (SSSR count). The molecule has 3 aromatic rings. The third-order valence-corrected chi connectivity index (χ3v) is 4.63. The lowest BCUT2D eigenvalue weighted by atomic mass is 10.1. The van der Waals surface area contributed by atoms with Crippen LogP contribution in [0.25, 0.3) is 0 Å². The van der Waals surface area contributed by atoms with Gasteiger partial charge in [0.05, 0.1) is 17.5 Å². The molecule has 0 saturated heterocycles. The van der Waals surface area contributed by atoms with Gasteiger partial charge >= 0.3 is 0 Å². The predicted octanol–water partition coefficient (Wildman–Crippen LogP) is 4.82. The summed E-state index contributed by atoms with van der Waals surface area (Å²) in [5.41, 5.74) is 3.81. The average Bonchev–Trinajstić information content (AvgIpc) is 2.71. The highest BCUT2D eigenvalue weighted by atomic mass is 79.9. The van der Waals surface area contributed by atoms with Gasteiger partial charge in [-0.1, -0.05) is 39.7 Å². The van der Waals surface area contributed by atoms with Crippen LogP contribution in [0.5, 0.6) is 5.75 Å². The molecule has 0 aliphatic carbocycles. The van der Waals surface area contributed by atoms with Crippen LogP contribution in [0.2, 0.25) is 5.02 Å². The second-order valence-electron chi connectivity index (χ2n) is 5.91. The van der Waals surface area contributed by atoms with E-state index in [1.165, 1.54) is 12.3 Å². The number of benzene rings is 3. The van der Waals surface area contributed by atoms with Crippen LogP contribution in [0, 0.1) is 0 Å². The summed E-state index contributed by atoms with van der Waals surface area (Å²) < 4.78 is 0.762. The Kier molecular flexibility index (Phi) is 6.64. The molecule has 3 aromatic carbocycles. The van der Waals surface area contributed by atoms with Crippen LogP contribution >= 0.6 is 27.5 Å². The van der Waals surface area contributed by atoms with Gasteiger partial charge in [-0.15, -0.1) is 0 Å². The topological polar surface area (TPSA) is 90.8 Å². The highest BCUT2D eigenvalue weighted by Gasteiger charge is 2.13. The van der Waals surface area contributed by atoms with Gasteiger partial charge in [0.1, 0.15) is 5.75 Å². The molecule has 0 aliphatic heterocycles. The minimum absolute atomic E-state index is 0.0295. The molecule has 29 heavy (non-hydrogen) atoms. The van der Waals surface area contributed by atoms with Crippen LogP contribution in [0.3, 0.4) is 0 Å². The van der Waals surface area contributed by atoms with Gasteiger partial charge in [0.25, 0.3) is 11.8 Å². The molecular weight excluding hydrogens is 458 g/mol. The Morgan fingerprint density at radius 2 is 1.72 bits per heavy atom. The number of phenolic OH excluding ortho intramolecular Hbond substituents is 1. The van der Waals surface area contributed by atoms with Gasteiger partial charge in [-0.2, -0.15) is 5.10 Å². The number of halogens is 2. The number of nitrogens with zero attached hydrogens (tertiary/aromatic N) is 1. The van der Waals surface area contributed by atoms with E-state index in [-0.39, 0.29) is 17.2 Å². The molecule has 0 saturated carbocycles. The standard InChI is InChI=1S/C21H15BrClN3O3/c22-15-7-10-19(27)14(11-15)12-24-26-21(29)17-3-1-2-4-18(17)25-20(28)13-5-8-16(23)9-6-13/h1-12,27H,(H,25,28)(H,26,29)/b24-12-. The molecule has 0 radical (unpaired) electrons. The maximum atomic E-state index is 12.5. The van der Waals surface area contributed by atoms with Gasteiger partial charge in [-0.3, -0.25) is 9.59 Å². The minimum atomic E-state index is -0.511. The third-order valence-electron chi connectivity index (χ3n) is 3.89. The summed E-state index contributed by atoms with van der Waals surface area (Å²) in [5, 5.41) is 16.9. The Morgan fingerprint density at radius 3 is 2.48 bits per heavy atom. The zero-order chi connectivity index (χ0) is 20.8. The van der Waals surface area contributed by atoms with Crippen molar-refractivity contribution in [3.05, 3.63) is 92.9 Å². The first-order chi connectivity index (χ1) is 13.9. The molecule has 0 heterocycles. The molecular formula is C21H15BrClN3O3. The Hall–Kier alpha value is -3.16. The molecule has 0 aliphatic rings. The average molecular weight is 473 g/mol. The van der Waals surface area contributed by atoms with Gasteiger partial charge < -0.3 is 10.4 Å². The number of rotatable bonds is 5. The summed E-state index contributed by atoms with van der Waals surface area (Å²) in [6.45, 7) is 0. The lowest BCUT2D eigenvalue weighted by molar-refractivity contribution is 0.0956. The first-order valence-corrected chi connectivity index (χ1v) is 9.59. The fourth-order valence-electron chi connectivity index (χ4n) is 2.44. The van der Waals surface area contributed by atoms with Crippen molar-refractivity contribution < 1.29 is 14.7 Å². The lowest BCUT2D eigenvalue weighted by Gasteiger charge is -2.10. The van der Waals surface area contributed by atoms with Crippen molar-refractivity contribution in [1.29, 1.82) is 0 Å². The number of carbonyl (C=O) groups is 2. The van der Waals surface area contributed by atoms with E-state index in [0.29, 0.717) is 21.8 Å². The van der Waals surface area contributed by atoms with E-state index in [9.17, 15) is 14.7 Å². The summed E-state index contributed by atoms with van der Waals surface area (Å²) in [6, 6.07) is 17.8. The molecule has 6 nitrogen and oxygen atoms in total. The molecule has 0 bridgehead atoms. The zero-order valence-electron chi connectivity index (χ0n) is 14.9. The van der Waals surface area contributed by atoms with Gasteiger partial charge in [0, 0.05) is 20.6 Å². The molecule has 8 heteroatoms. The Balaban J connectivity index is 1.73. The first-order valence-electron chi connectivity index (χ1n) is 8.42. The fourth-order valence-corrected chi connectivity index (χ4v) is 2.94. The van der Waals surface area contributed by atoms with E-state index in [2.05, 4.69) is 31.8 Å². The van der Waals surface area contributed by atoms with Crippen LogP contribution in [0.15, 0.2) is 76.3 Å². The molecule has 0 unspecified atom stereocenters. The number of para-hydroxylation sites is 1. The van der Waals surface area contributed by atoms with E-state index in [1.807, 2.05) is 0 Å². The summed E-state index contributed by atoms with van der Waals surface area (Å²) in [7, 11) is 0. The number of aromatic hydroxyl groups is 1. The maximum absolute atomic E-state index is 12.5.